The summed E-state index contributed by atoms with van der Waals surface area (Å²) in [6.45, 7) is 3.65. The molecular weight excluding hydrogens is 252 g/mol. The minimum atomic E-state index is -0.0101. The number of pyridine rings is 1. The molecule has 0 radical (unpaired) electrons. The monoisotopic (exact) mass is 274 g/mol. The molecule has 2 aliphatic rings. The molecule has 0 aromatic carbocycles. The first-order valence-electron chi connectivity index (χ1n) is 7.53. The molecule has 0 atom stereocenters. The van der Waals surface area contributed by atoms with E-state index in [2.05, 4.69) is 15.2 Å². The summed E-state index contributed by atoms with van der Waals surface area (Å²) in [4.78, 5) is 20.6. The number of hydrogen-bond donors (Lipinski definition) is 1. The summed E-state index contributed by atoms with van der Waals surface area (Å²) >= 11 is 0. The fourth-order valence-corrected chi connectivity index (χ4v) is 3.20. The first-order valence-corrected chi connectivity index (χ1v) is 7.53. The Morgan fingerprint density at radius 2 is 1.95 bits per heavy atom. The predicted molar refractivity (Wildman–Crippen MR) is 78.7 cm³/mol. The zero-order chi connectivity index (χ0) is 13.8. The van der Waals surface area contributed by atoms with E-state index in [0.717, 1.165) is 37.9 Å². The van der Waals surface area contributed by atoms with Gasteiger partial charge in [0.1, 0.15) is 0 Å². The van der Waals surface area contributed by atoms with Crippen molar-refractivity contribution in [3.63, 3.8) is 0 Å². The van der Waals surface area contributed by atoms with Crippen LogP contribution in [0, 0.1) is 0 Å². The van der Waals surface area contributed by atoms with Crippen LogP contribution in [-0.4, -0.2) is 53.0 Å². The van der Waals surface area contributed by atoms with Crippen molar-refractivity contribution in [2.45, 2.75) is 31.7 Å². The minimum Gasteiger partial charge on any atom is -0.322 e. The van der Waals surface area contributed by atoms with Gasteiger partial charge in [-0.3, -0.25) is 9.88 Å². The van der Waals surface area contributed by atoms with Crippen molar-refractivity contribution in [2.24, 2.45) is 0 Å². The summed E-state index contributed by atoms with van der Waals surface area (Å²) < 4.78 is 0. The lowest BCUT2D eigenvalue weighted by atomic mass is 10.2. The average Bonchev–Trinajstić information content (AvgIpc) is 3.03. The molecule has 2 fully saturated rings. The van der Waals surface area contributed by atoms with Crippen LogP contribution in [0.25, 0.3) is 0 Å². The fourth-order valence-electron chi connectivity index (χ4n) is 3.20. The van der Waals surface area contributed by atoms with Crippen molar-refractivity contribution in [3.05, 3.63) is 24.5 Å². The number of hydrogen-bond acceptors (Lipinski definition) is 3. The van der Waals surface area contributed by atoms with E-state index in [1.807, 2.05) is 17.0 Å². The van der Waals surface area contributed by atoms with E-state index in [-0.39, 0.29) is 6.03 Å². The number of piperazine rings is 1. The second-order valence-corrected chi connectivity index (χ2v) is 5.63. The molecule has 1 aliphatic carbocycles. The van der Waals surface area contributed by atoms with Crippen molar-refractivity contribution >= 4 is 11.7 Å². The van der Waals surface area contributed by atoms with E-state index < -0.39 is 0 Å². The van der Waals surface area contributed by atoms with Gasteiger partial charge in [0, 0.05) is 38.4 Å². The molecular formula is C15H22N4O. The molecule has 2 heterocycles. The fraction of sp³-hybridized carbons (Fsp3) is 0.600. The van der Waals surface area contributed by atoms with Crippen LogP contribution >= 0.6 is 0 Å². The Balaban J connectivity index is 1.49. The number of carbonyl (C=O) groups is 1. The molecule has 1 aromatic heterocycles. The van der Waals surface area contributed by atoms with E-state index in [0.29, 0.717) is 0 Å². The van der Waals surface area contributed by atoms with Crippen LogP contribution in [-0.2, 0) is 0 Å². The van der Waals surface area contributed by atoms with Crippen LogP contribution in [0.3, 0.4) is 0 Å². The highest BCUT2D eigenvalue weighted by molar-refractivity contribution is 5.89. The third-order valence-corrected chi connectivity index (χ3v) is 4.36. The lowest BCUT2D eigenvalue weighted by Gasteiger charge is -2.37. The molecule has 20 heavy (non-hydrogen) atoms. The smallest absolute Gasteiger partial charge is 0.321 e. The van der Waals surface area contributed by atoms with Gasteiger partial charge in [-0.25, -0.2) is 4.79 Å². The number of anilines is 1. The quantitative estimate of drug-likeness (QED) is 0.899. The number of aromatic nitrogens is 1. The molecule has 0 bridgehead atoms. The van der Waals surface area contributed by atoms with E-state index in [9.17, 15) is 4.79 Å². The molecule has 2 amide bonds. The van der Waals surface area contributed by atoms with Crippen LogP contribution < -0.4 is 5.32 Å². The highest BCUT2D eigenvalue weighted by Gasteiger charge is 2.27. The predicted octanol–water partition coefficient (Wildman–Crippen LogP) is 2.17. The maximum absolute atomic E-state index is 12.2. The maximum Gasteiger partial charge on any atom is 0.321 e. The summed E-state index contributed by atoms with van der Waals surface area (Å²) in [5, 5.41) is 2.90. The first kappa shape index (κ1) is 13.4. The molecule has 108 valence electrons. The SMILES string of the molecule is O=C(Nc1cccnc1)N1CCN(C2CCCC2)CC1. The summed E-state index contributed by atoms with van der Waals surface area (Å²) in [6, 6.07) is 4.44. The zero-order valence-electron chi connectivity index (χ0n) is 11.8. The van der Waals surface area contributed by atoms with Gasteiger partial charge in [-0.05, 0) is 25.0 Å². The van der Waals surface area contributed by atoms with Crippen molar-refractivity contribution in [2.75, 3.05) is 31.5 Å². The third kappa shape index (κ3) is 3.10. The molecule has 1 saturated carbocycles. The lowest BCUT2D eigenvalue weighted by Crippen LogP contribution is -2.52. The van der Waals surface area contributed by atoms with Gasteiger partial charge in [-0.1, -0.05) is 12.8 Å². The van der Waals surface area contributed by atoms with Crippen molar-refractivity contribution < 1.29 is 4.79 Å². The number of rotatable bonds is 2. The number of urea groups is 1. The van der Waals surface area contributed by atoms with Gasteiger partial charge in [-0.2, -0.15) is 0 Å². The lowest BCUT2D eigenvalue weighted by molar-refractivity contribution is 0.115. The Kier molecular flexibility index (Phi) is 4.16. The van der Waals surface area contributed by atoms with Gasteiger partial charge in [0.05, 0.1) is 11.9 Å². The number of nitrogens with one attached hydrogen (secondary N) is 1. The third-order valence-electron chi connectivity index (χ3n) is 4.36. The highest BCUT2D eigenvalue weighted by Crippen LogP contribution is 2.24. The summed E-state index contributed by atoms with van der Waals surface area (Å²) in [7, 11) is 0. The highest BCUT2D eigenvalue weighted by atomic mass is 16.2. The molecule has 1 aliphatic heterocycles. The van der Waals surface area contributed by atoms with Gasteiger partial charge >= 0.3 is 6.03 Å². The van der Waals surface area contributed by atoms with E-state index in [1.165, 1.54) is 25.7 Å². The largest absolute Gasteiger partial charge is 0.322 e. The molecule has 5 heteroatoms. The summed E-state index contributed by atoms with van der Waals surface area (Å²) in [6.07, 6.45) is 8.78. The second-order valence-electron chi connectivity index (χ2n) is 5.63. The molecule has 1 N–H and O–H groups in total. The van der Waals surface area contributed by atoms with E-state index >= 15 is 0 Å². The van der Waals surface area contributed by atoms with Gasteiger partial charge in [0.25, 0.3) is 0 Å². The second kappa shape index (κ2) is 6.22. The molecule has 3 rings (SSSR count). The van der Waals surface area contributed by atoms with Crippen molar-refractivity contribution in [1.82, 2.24) is 14.8 Å². The normalized spacial score (nSPS) is 21.1. The molecule has 1 saturated heterocycles. The Morgan fingerprint density at radius 1 is 1.20 bits per heavy atom. The Hall–Kier alpha value is -1.62. The van der Waals surface area contributed by atoms with Crippen LogP contribution in [0.4, 0.5) is 10.5 Å². The Bertz CT molecular complexity index is 436. The topological polar surface area (TPSA) is 48.5 Å². The van der Waals surface area contributed by atoms with Gasteiger partial charge in [0.15, 0.2) is 0 Å². The standard InChI is InChI=1S/C15H22N4O/c20-15(17-13-4-3-7-16-12-13)19-10-8-18(9-11-19)14-5-1-2-6-14/h3-4,7,12,14H,1-2,5-6,8-11H2,(H,17,20). The molecule has 1 aromatic rings. The maximum atomic E-state index is 12.2. The Morgan fingerprint density at radius 3 is 2.60 bits per heavy atom. The van der Waals surface area contributed by atoms with Crippen LogP contribution in [0.5, 0.6) is 0 Å². The van der Waals surface area contributed by atoms with Crippen LogP contribution in [0.1, 0.15) is 25.7 Å². The average molecular weight is 274 g/mol. The molecule has 5 nitrogen and oxygen atoms in total. The van der Waals surface area contributed by atoms with Gasteiger partial charge in [0.2, 0.25) is 0 Å². The molecule has 0 unspecified atom stereocenters. The van der Waals surface area contributed by atoms with Crippen molar-refractivity contribution in [3.8, 4) is 0 Å². The van der Waals surface area contributed by atoms with E-state index in [1.54, 1.807) is 12.4 Å². The Labute approximate surface area is 120 Å². The summed E-state index contributed by atoms with van der Waals surface area (Å²) in [5.74, 6) is 0. The zero-order valence-corrected chi connectivity index (χ0v) is 11.8. The van der Waals surface area contributed by atoms with Crippen molar-refractivity contribution in [1.29, 1.82) is 0 Å². The first-order chi connectivity index (χ1) is 9.83. The molecule has 0 spiro atoms. The summed E-state index contributed by atoms with van der Waals surface area (Å²) in [5.41, 5.74) is 0.760. The number of amides is 2. The number of nitrogens with zero attached hydrogens (tertiary/aromatic N) is 3. The van der Waals surface area contributed by atoms with Gasteiger partial charge < -0.3 is 10.2 Å². The van der Waals surface area contributed by atoms with Gasteiger partial charge in [-0.15, -0.1) is 0 Å². The van der Waals surface area contributed by atoms with E-state index in [4.69, 9.17) is 0 Å². The minimum absolute atomic E-state index is 0.0101. The van der Waals surface area contributed by atoms with Crippen LogP contribution in [0.15, 0.2) is 24.5 Å². The number of carbonyl (C=O) groups excluding carboxylic acids is 1. The van der Waals surface area contributed by atoms with Crippen LogP contribution in [0.2, 0.25) is 0 Å².